The van der Waals surface area contributed by atoms with Crippen molar-refractivity contribution in [3.05, 3.63) is 88.0 Å². The molecule has 4 heteroatoms. The van der Waals surface area contributed by atoms with Crippen LogP contribution >= 0.6 is 11.8 Å². The van der Waals surface area contributed by atoms with Crippen molar-refractivity contribution in [3.63, 3.8) is 0 Å². The van der Waals surface area contributed by atoms with Crippen LogP contribution in [0.2, 0.25) is 0 Å². The van der Waals surface area contributed by atoms with Gasteiger partial charge in [0.05, 0.1) is 0 Å². The van der Waals surface area contributed by atoms with Crippen molar-refractivity contribution in [1.29, 1.82) is 0 Å². The second-order valence-corrected chi connectivity index (χ2v) is 9.01. The van der Waals surface area contributed by atoms with Crippen molar-refractivity contribution >= 4 is 11.8 Å². The average molecular weight is 395 g/mol. The second-order valence-electron chi connectivity index (χ2n) is 7.95. The molecule has 0 amide bonds. The fraction of sp³-hybridized carbons (Fsp3) is 0.292. The predicted octanol–water partition coefficient (Wildman–Crippen LogP) is 6.14. The van der Waals surface area contributed by atoms with Gasteiger partial charge in [-0.05, 0) is 29.5 Å². The zero-order valence-corrected chi connectivity index (χ0v) is 17.5. The third-order valence-electron chi connectivity index (χ3n) is 4.80. The van der Waals surface area contributed by atoms with Gasteiger partial charge >= 0.3 is 5.63 Å². The van der Waals surface area contributed by atoms with Gasteiger partial charge in [0, 0.05) is 16.4 Å². The van der Waals surface area contributed by atoms with E-state index in [-0.39, 0.29) is 10.6 Å². The zero-order chi connectivity index (χ0) is 20.3. The van der Waals surface area contributed by atoms with Crippen LogP contribution in [0.1, 0.15) is 50.5 Å². The van der Waals surface area contributed by atoms with Crippen LogP contribution < -0.4 is 5.63 Å². The smallest absolute Gasteiger partial charge is 0.353 e. The predicted molar refractivity (Wildman–Crippen MR) is 114 cm³/mol. The van der Waals surface area contributed by atoms with E-state index in [0.29, 0.717) is 18.1 Å². The van der Waals surface area contributed by atoms with Crippen LogP contribution in [0.4, 0.5) is 0 Å². The van der Waals surface area contributed by atoms with E-state index in [1.54, 1.807) is 6.07 Å². The Kier molecular flexibility index (Phi) is 5.99. The molecule has 0 bridgehead atoms. The summed E-state index contributed by atoms with van der Waals surface area (Å²) in [6.45, 7) is 8.24. The quantitative estimate of drug-likeness (QED) is 0.545. The molecule has 3 rings (SSSR count). The summed E-state index contributed by atoms with van der Waals surface area (Å²) in [5.41, 5.74) is 1.37. The standard InChI is InChI=1S/C24H26O3S/c1-16(2)18-12-8-9-13-20(18)28-22-19(25)14-21(27-23(22)26)24(3,4)15-17-10-6-5-7-11-17/h5-14,16,25H,15H2,1-4H3. The lowest BCUT2D eigenvalue weighted by atomic mass is 9.83. The Hall–Kier alpha value is -2.46. The number of benzene rings is 2. The number of hydrogen-bond acceptors (Lipinski definition) is 4. The molecule has 28 heavy (non-hydrogen) atoms. The molecule has 146 valence electrons. The van der Waals surface area contributed by atoms with Gasteiger partial charge in [0.15, 0.2) is 0 Å². The molecule has 3 nitrogen and oxygen atoms in total. The topological polar surface area (TPSA) is 50.4 Å². The first kappa shape index (κ1) is 20.3. The maximum atomic E-state index is 12.7. The molecule has 0 atom stereocenters. The van der Waals surface area contributed by atoms with Crippen molar-refractivity contribution in [3.8, 4) is 5.75 Å². The van der Waals surface area contributed by atoms with E-state index in [1.807, 2.05) is 68.4 Å². The van der Waals surface area contributed by atoms with E-state index in [1.165, 1.54) is 11.8 Å². The summed E-state index contributed by atoms with van der Waals surface area (Å²) in [4.78, 5) is 13.9. The monoisotopic (exact) mass is 394 g/mol. The molecule has 0 aliphatic carbocycles. The average Bonchev–Trinajstić information content (AvgIpc) is 2.65. The van der Waals surface area contributed by atoms with Gasteiger partial charge in [-0.25, -0.2) is 4.79 Å². The first-order chi connectivity index (χ1) is 13.3. The second kappa shape index (κ2) is 8.27. The Labute approximate surface area is 170 Å². The van der Waals surface area contributed by atoms with Gasteiger partial charge in [-0.15, -0.1) is 0 Å². The first-order valence-corrected chi connectivity index (χ1v) is 10.3. The molecule has 0 fully saturated rings. The molecule has 0 radical (unpaired) electrons. The van der Waals surface area contributed by atoms with Crippen molar-refractivity contribution < 1.29 is 9.52 Å². The third kappa shape index (κ3) is 4.50. The Morgan fingerprint density at radius 3 is 2.32 bits per heavy atom. The summed E-state index contributed by atoms with van der Waals surface area (Å²) >= 11 is 1.26. The van der Waals surface area contributed by atoms with Crippen molar-refractivity contribution in [1.82, 2.24) is 0 Å². The molecule has 0 saturated heterocycles. The molecule has 1 heterocycles. The lowest BCUT2D eigenvalue weighted by Gasteiger charge is -2.24. The summed E-state index contributed by atoms with van der Waals surface area (Å²) < 4.78 is 5.66. The molecule has 0 aliphatic heterocycles. The number of rotatable bonds is 6. The Balaban J connectivity index is 1.92. The van der Waals surface area contributed by atoms with Gasteiger partial charge in [-0.3, -0.25) is 0 Å². The lowest BCUT2D eigenvalue weighted by molar-refractivity contribution is 0.334. The van der Waals surface area contributed by atoms with Crippen LogP contribution in [0.25, 0.3) is 0 Å². The molecule has 0 unspecified atom stereocenters. The summed E-state index contributed by atoms with van der Waals surface area (Å²) in [5, 5.41) is 10.6. The maximum absolute atomic E-state index is 12.7. The van der Waals surface area contributed by atoms with Crippen LogP contribution in [-0.4, -0.2) is 5.11 Å². The molecule has 0 aliphatic rings. The van der Waals surface area contributed by atoms with Gasteiger partial charge in [0.25, 0.3) is 0 Å². The third-order valence-corrected chi connectivity index (χ3v) is 5.97. The number of aromatic hydroxyl groups is 1. The van der Waals surface area contributed by atoms with E-state index in [2.05, 4.69) is 13.8 Å². The Morgan fingerprint density at radius 1 is 1.04 bits per heavy atom. The van der Waals surface area contributed by atoms with E-state index in [9.17, 15) is 9.90 Å². The molecule has 1 aromatic heterocycles. The van der Waals surface area contributed by atoms with Crippen LogP contribution in [0.3, 0.4) is 0 Å². The number of hydrogen-bond donors (Lipinski definition) is 1. The van der Waals surface area contributed by atoms with Crippen LogP contribution in [0.15, 0.2) is 79.7 Å². The van der Waals surface area contributed by atoms with Gasteiger partial charge in [0.1, 0.15) is 16.4 Å². The van der Waals surface area contributed by atoms with Crippen LogP contribution in [0, 0.1) is 0 Å². The van der Waals surface area contributed by atoms with Crippen LogP contribution in [-0.2, 0) is 11.8 Å². The molecule has 2 aromatic carbocycles. The lowest BCUT2D eigenvalue weighted by Crippen LogP contribution is -2.22. The summed E-state index contributed by atoms with van der Waals surface area (Å²) in [6.07, 6.45) is 0.707. The van der Waals surface area contributed by atoms with Crippen molar-refractivity contribution in [2.24, 2.45) is 0 Å². The van der Waals surface area contributed by atoms with E-state index in [4.69, 9.17) is 4.42 Å². The summed E-state index contributed by atoms with van der Waals surface area (Å²) in [5.74, 6) is 0.776. The molecule has 0 spiro atoms. The fourth-order valence-electron chi connectivity index (χ4n) is 3.25. The molecular formula is C24H26O3S. The minimum Gasteiger partial charge on any atom is -0.506 e. The Morgan fingerprint density at radius 2 is 1.68 bits per heavy atom. The fourth-order valence-corrected chi connectivity index (χ4v) is 4.33. The maximum Gasteiger partial charge on any atom is 0.353 e. The van der Waals surface area contributed by atoms with Crippen LogP contribution in [0.5, 0.6) is 5.75 Å². The van der Waals surface area contributed by atoms with Gasteiger partial charge in [-0.2, -0.15) is 0 Å². The molecule has 3 aromatic rings. The van der Waals surface area contributed by atoms with Crippen molar-refractivity contribution in [2.45, 2.75) is 55.2 Å². The van der Waals surface area contributed by atoms with Crippen molar-refractivity contribution in [2.75, 3.05) is 0 Å². The normalized spacial score (nSPS) is 11.8. The largest absolute Gasteiger partial charge is 0.506 e. The highest BCUT2D eigenvalue weighted by molar-refractivity contribution is 7.99. The molecule has 0 saturated carbocycles. The highest BCUT2D eigenvalue weighted by Gasteiger charge is 2.27. The molecule has 1 N–H and O–H groups in total. The van der Waals surface area contributed by atoms with E-state index >= 15 is 0 Å². The summed E-state index contributed by atoms with van der Waals surface area (Å²) in [6, 6.07) is 19.6. The first-order valence-electron chi connectivity index (χ1n) is 9.46. The SMILES string of the molecule is CC(C)c1ccccc1Sc1c(O)cc(C(C)(C)Cc2ccccc2)oc1=O. The summed E-state index contributed by atoms with van der Waals surface area (Å²) in [7, 11) is 0. The highest BCUT2D eigenvalue weighted by atomic mass is 32.2. The van der Waals surface area contributed by atoms with Gasteiger partial charge < -0.3 is 9.52 Å². The Bertz CT molecular complexity index is 1000. The minimum atomic E-state index is -0.500. The van der Waals surface area contributed by atoms with E-state index in [0.717, 1.165) is 16.0 Å². The minimum absolute atomic E-state index is 0.0315. The zero-order valence-electron chi connectivity index (χ0n) is 16.7. The van der Waals surface area contributed by atoms with Gasteiger partial charge in [-0.1, -0.05) is 88.0 Å². The molecular weight excluding hydrogens is 368 g/mol. The van der Waals surface area contributed by atoms with E-state index < -0.39 is 11.0 Å². The highest BCUT2D eigenvalue weighted by Crippen LogP contribution is 2.38. The van der Waals surface area contributed by atoms with Gasteiger partial charge in [0.2, 0.25) is 0 Å².